The summed E-state index contributed by atoms with van der Waals surface area (Å²) in [6.07, 6.45) is 3.04. The van der Waals surface area contributed by atoms with E-state index in [1.165, 1.54) is 5.56 Å². The number of ether oxygens (including phenoxy) is 1. The van der Waals surface area contributed by atoms with Crippen molar-refractivity contribution in [3.05, 3.63) is 29.8 Å². The standard InChI is InChI=1S/C20H31N3O3/c1-15(2)19(24)21-9-10-22-20(25)23-11-7-16(8-12-23)13-17-5-4-6-18(14-17)26-3/h4-6,14-16H,7-13H2,1-3H3,(H,21,24)(H,22,25). The van der Waals surface area contributed by atoms with Gasteiger partial charge in [0, 0.05) is 32.1 Å². The van der Waals surface area contributed by atoms with Gasteiger partial charge in [-0.05, 0) is 42.9 Å². The summed E-state index contributed by atoms with van der Waals surface area (Å²) < 4.78 is 5.28. The normalized spacial score (nSPS) is 15.0. The van der Waals surface area contributed by atoms with E-state index < -0.39 is 0 Å². The molecule has 0 bridgehead atoms. The van der Waals surface area contributed by atoms with Crippen LogP contribution in [0.4, 0.5) is 4.79 Å². The lowest BCUT2D eigenvalue weighted by molar-refractivity contribution is -0.123. The minimum absolute atomic E-state index is 0.0117. The van der Waals surface area contributed by atoms with Crippen LogP contribution < -0.4 is 15.4 Å². The molecular weight excluding hydrogens is 330 g/mol. The average molecular weight is 361 g/mol. The summed E-state index contributed by atoms with van der Waals surface area (Å²) in [5.74, 6) is 1.47. The molecule has 3 amide bonds. The van der Waals surface area contributed by atoms with Crippen LogP contribution >= 0.6 is 0 Å². The van der Waals surface area contributed by atoms with Gasteiger partial charge in [0.15, 0.2) is 0 Å². The Kier molecular flexibility index (Phi) is 7.75. The van der Waals surface area contributed by atoms with E-state index in [0.29, 0.717) is 19.0 Å². The zero-order valence-electron chi connectivity index (χ0n) is 16.1. The fraction of sp³-hybridized carbons (Fsp3) is 0.600. The highest BCUT2D eigenvalue weighted by Crippen LogP contribution is 2.23. The first kappa shape index (κ1) is 20.1. The van der Waals surface area contributed by atoms with Gasteiger partial charge in [-0.3, -0.25) is 4.79 Å². The van der Waals surface area contributed by atoms with E-state index in [0.717, 1.165) is 38.1 Å². The molecule has 1 saturated heterocycles. The first-order valence-corrected chi connectivity index (χ1v) is 9.43. The van der Waals surface area contributed by atoms with E-state index in [-0.39, 0.29) is 17.9 Å². The van der Waals surface area contributed by atoms with Crippen LogP contribution in [0.15, 0.2) is 24.3 Å². The molecule has 6 nitrogen and oxygen atoms in total. The number of methoxy groups -OCH3 is 1. The lowest BCUT2D eigenvalue weighted by atomic mass is 9.90. The molecule has 0 aliphatic carbocycles. The van der Waals surface area contributed by atoms with E-state index in [2.05, 4.69) is 22.8 Å². The van der Waals surface area contributed by atoms with Gasteiger partial charge in [-0.1, -0.05) is 26.0 Å². The number of piperidine rings is 1. The second kappa shape index (κ2) is 10.0. The Hall–Kier alpha value is -2.24. The van der Waals surface area contributed by atoms with Crippen molar-refractivity contribution in [3.63, 3.8) is 0 Å². The second-order valence-corrected chi connectivity index (χ2v) is 7.16. The van der Waals surface area contributed by atoms with Crippen molar-refractivity contribution in [3.8, 4) is 5.75 Å². The Morgan fingerprint density at radius 3 is 2.54 bits per heavy atom. The summed E-state index contributed by atoms with van der Waals surface area (Å²) in [7, 11) is 1.68. The lowest BCUT2D eigenvalue weighted by Gasteiger charge is -2.32. The molecule has 2 rings (SSSR count). The van der Waals surface area contributed by atoms with Crippen LogP contribution in [0.25, 0.3) is 0 Å². The van der Waals surface area contributed by atoms with Gasteiger partial charge in [-0.15, -0.1) is 0 Å². The summed E-state index contributed by atoms with van der Waals surface area (Å²) in [5, 5.41) is 5.68. The summed E-state index contributed by atoms with van der Waals surface area (Å²) in [5.41, 5.74) is 1.29. The van der Waals surface area contributed by atoms with Crippen molar-refractivity contribution in [2.45, 2.75) is 33.1 Å². The van der Waals surface area contributed by atoms with E-state index in [1.807, 2.05) is 30.9 Å². The van der Waals surface area contributed by atoms with Gasteiger partial charge in [0.25, 0.3) is 0 Å². The SMILES string of the molecule is COc1cccc(CC2CCN(C(=O)NCCNC(=O)C(C)C)CC2)c1. The fourth-order valence-electron chi connectivity index (χ4n) is 3.14. The van der Waals surface area contributed by atoms with Crippen molar-refractivity contribution in [2.24, 2.45) is 11.8 Å². The third-order valence-corrected chi connectivity index (χ3v) is 4.79. The Balaban J connectivity index is 1.67. The van der Waals surface area contributed by atoms with Gasteiger partial charge in [-0.2, -0.15) is 0 Å². The molecule has 0 spiro atoms. The summed E-state index contributed by atoms with van der Waals surface area (Å²) >= 11 is 0. The number of nitrogens with zero attached hydrogens (tertiary/aromatic N) is 1. The van der Waals surface area contributed by atoms with Crippen molar-refractivity contribution >= 4 is 11.9 Å². The first-order valence-electron chi connectivity index (χ1n) is 9.43. The molecule has 2 N–H and O–H groups in total. The Bertz CT molecular complexity index is 596. The minimum atomic E-state index is -0.0383. The van der Waals surface area contributed by atoms with E-state index in [4.69, 9.17) is 4.74 Å². The maximum atomic E-state index is 12.2. The molecule has 1 aromatic carbocycles. The number of benzene rings is 1. The molecule has 26 heavy (non-hydrogen) atoms. The maximum Gasteiger partial charge on any atom is 0.317 e. The Morgan fingerprint density at radius 2 is 1.88 bits per heavy atom. The predicted octanol–water partition coefficient (Wildman–Crippen LogP) is 2.43. The lowest BCUT2D eigenvalue weighted by Crippen LogP contribution is -2.46. The molecule has 6 heteroatoms. The van der Waals surface area contributed by atoms with Crippen molar-refractivity contribution in [1.29, 1.82) is 0 Å². The summed E-state index contributed by atoms with van der Waals surface area (Å²) in [6.45, 7) is 6.18. The highest BCUT2D eigenvalue weighted by atomic mass is 16.5. The van der Waals surface area contributed by atoms with Crippen LogP contribution in [0.3, 0.4) is 0 Å². The first-order chi connectivity index (χ1) is 12.5. The fourth-order valence-corrected chi connectivity index (χ4v) is 3.14. The predicted molar refractivity (Wildman–Crippen MR) is 102 cm³/mol. The maximum absolute atomic E-state index is 12.2. The smallest absolute Gasteiger partial charge is 0.317 e. The topological polar surface area (TPSA) is 70.7 Å². The van der Waals surface area contributed by atoms with Crippen molar-refractivity contribution in [2.75, 3.05) is 33.3 Å². The van der Waals surface area contributed by atoms with Crippen LogP contribution in [0, 0.1) is 11.8 Å². The van der Waals surface area contributed by atoms with Crippen LogP contribution in [0.2, 0.25) is 0 Å². The van der Waals surface area contributed by atoms with Gasteiger partial charge < -0.3 is 20.3 Å². The molecule has 1 aliphatic rings. The van der Waals surface area contributed by atoms with Crippen molar-refractivity contribution < 1.29 is 14.3 Å². The van der Waals surface area contributed by atoms with Crippen LogP contribution in [0.1, 0.15) is 32.3 Å². The summed E-state index contributed by atoms with van der Waals surface area (Å²) in [4.78, 5) is 25.6. The molecule has 0 aromatic heterocycles. The molecule has 0 atom stereocenters. The highest BCUT2D eigenvalue weighted by Gasteiger charge is 2.22. The number of hydrogen-bond acceptors (Lipinski definition) is 3. The van der Waals surface area contributed by atoms with Gasteiger partial charge in [0.2, 0.25) is 5.91 Å². The Morgan fingerprint density at radius 1 is 1.19 bits per heavy atom. The number of rotatable bonds is 7. The molecule has 1 aliphatic heterocycles. The van der Waals surface area contributed by atoms with E-state index >= 15 is 0 Å². The second-order valence-electron chi connectivity index (χ2n) is 7.16. The monoisotopic (exact) mass is 361 g/mol. The number of hydrogen-bond donors (Lipinski definition) is 2. The molecule has 1 aromatic rings. The molecule has 144 valence electrons. The summed E-state index contributed by atoms with van der Waals surface area (Å²) in [6, 6.07) is 8.16. The van der Waals surface area contributed by atoms with Crippen LogP contribution in [-0.4, -0.2) is 50.1 Å². The largest absolute Gasteiger partial charge is 0.497 e. The molecule has 0 saturated carbocycles. The number of carbonyl (C=O) groups excluding carboxylic acids is 2. The number of likely N-dealkylation sites (tertiary alicyclic amines) is 1. The average Bonchev–Trinajstić information content (AvgIpc) is 2.65. The third kappa shape index (κ3) is 6.24. The number of carbonyl (C=O) groups is 2. The Labute approximate surface area is 156 Å². The van der Waals surface area contributed by atoms with E-state index in [1.54, 1.807) is 7.11 Å². The van der Waals surface area contributed by atoms with E-state index in [9.17, 15) is 9.59 Å². The third-order valence-electron chi connectivity index (χ3n) is 4.79. The minimum Gasteiger partial charge on any atom is -0.497 e. The highest BCUT2D eigenvalue weighted by molar-refractivity contribution is 5.78. The number of urea groups is 1. The molecule has 0 radical (unpaired) electrons. The van der Waals surface area contributed by atoms with Gasteiger partial charge >= 0.3 is 6.03 Å². The van der Waals surface area contributed by atoms with Gasteiger partial charge in [0.1, 0.15) is 5.75 Å². The zero-order chi connectivity index (χ0) is 18.9. The number of amides is 3. The molecular formula is C20H31N3O3. The van der Waals surface area contributed by atoms with Gasteiger partial charge in [0.05, 0.1) is 7.11 Å². The van der Waals surface area contributed by atoms with Crippen LogP contribution in [-0.2, 0) is 11.2 Å². The van der Waals surface area contributed by atoms with Crippen LogP contribution in [0.5, 0.6) is 5.75 Å². The molecule has 1 fully saturated rings. The zero-order valence-corrected chi connectivity index (χ0v) is 16.1. The molecule has 0 unspecified atom stereocenters. The van der Waals surface area contributed by atoms with Gasteiger partial charge in [-0.25, -0.2) is 4.79 Å². The quantitative estimate of drug-likeness (QED) is 0.733. The molecule has 1 heterocycles. The van der Waals surface area contributed by atoms with Crippen molar-refractivity contribution in [1.82, 2.24) is 15.5 Å². The number of nitrogens with one attached hydrogen (secondary N) is 2.